The average molecular weight is 352 g/mol. The molecular formula is C15H14BrNO4. The van der Waals surface area contributed by atoms with Crippen LogP contribution in [0.15, 0.2) is 51.6 Å². The molecule has 2 rings (SSSR count). The zero-order chi connectivity index (χ0) is 15.2. The van der Waals surface area contributed by atoms with Gasteiger partial charge in [-0.05, 0) is 36.8 Å². The minimum absolute atomic E-state index is 0.0729. The van der Waals surface area contributed by atoms with E-state index in [4.69, 9.17) is 9.15 Å². The second kappa shape index (κ2) is 7.08. The van der Waals surface area contributed by atoms with Gasteiger partial charge in [-0.1, -0.05) is 28.1 Å². The predicted octanol–water partition coefficient (Wildman–Crippen LogP) is 3.08. The van der Waals surface area contributed by atoms with Crippen LogP contribution in [0.4, 0.5) is 0 Å². The van der Waals surface area contributed by atoms with Gasteiger partial charge in [0.15, 0.2) is 6.61 Å². The summed E-state index contributed by atoms with van der Waals surface area (Å²) in [7, 11) is 0. The topological polar surface area (TPSA) is 68.5 Å². The average Bonchev–Trinajstić information content (AvgIpc) is 2.99. The monoisotopic (exact) mass is 351 g/mol. The zero-order valence-electron chi connectivity index (χ0n) is 11.3. The summed E-state index contributed by atoms with van der Waals surface area (Å²) in [5.41, 5.74) is 0.962. The quantitative estimate of drug-likeness (QED) is 0.840. The lowest BCUT2D eigenvalue weighted by atomic mass is 10.1. The molecule has 110 valence electrons. The Morgan fingerprint density at radius 3 is 2.62 bits per heavy atom. The van der Waals surface area contributed by atoms with Gasteiger partial charge < -0.3 is 14.5 Å². The number of nitrogens with one attached hydrogen (secondary N) is 1. The molecule has 21 heavy (non-hydrogen) atoms. The molecule has 5 nitrogen and oxygen atoms in total. The van der Waals surface area contributed by atoms with Crippen LogP contribution in [0.1, 0.15) is 29.1 Å². The van der Waals surface area contributed by atoms with Gasteiger partial charge in [-0.2, -0.15) is 0 Å². The molecule has 0 fully saturated rings. The van der Waals surface area contributed by atoms with E-state index >= 15 is 0 Å². The fourth-order valence-corrected chi connectivity index (χ4v) is 1.98. The smallest absolute Gasteiger partial charge is 0.374 e. The van der Waals surface area contributed by atoms with Gasteiger partial charge in [0.05, 0.1) is 12.3 Å². The lowest BCUT2D eigenvalue weighted by Crippen LogP contribution is -2.31. The van der Waals surface area contributed by atoms with E-state index in [2.05, 4.69) is 21.2 Å². The Balaban J connectivity index is 1.81. The van der Waals surface area contributed by atoms with Crippen molar-refractivity contribution in [3.05, 3.63) is 58.5 Å². The second-order valence-corrected chi connectivity index (χ2v) is 5.31. The van der Waals surface area contributed by atoms with Gasteiger partial charge in [0.2, 0.25) is 5.76 Å². The van der Waals surface area contributed by atoms with Crippen LogP contribution in [-0.2, 0) is 9.53 Å². The summed E-state index contributed by atoms with van der Waals surface area (Å²) >= 11 is 3.35. The standard InChI is InChI=1S/C15H14BrNO4/c1-10(11-4-6-12(16)7-5-11)17-14(18)9-21-15(19)13-3-2-8-20-13/h2-8,10H,9H2,1H3,(H,17,18)/t10-/m0/s1. The van der Waals surface area contributed by atoms with E-state index < -0.39 is 5.97 Å². The Morgan fingerprint density at radius 2 is 2.00 bits per heavy atom. The van der Waals surface area contributed by atoms with Crippen molar-refractivity contribution in [3.63, 3.8) is 0 Å². The number of carbonyl (C=O) groups is 2. The molecule has 0 saturated heterocycles. The first-order valence-corrected chi connectivity index (χ1v) is 7.11. The highest BCUT2D eigenvalue weighted by Crippen LogP contribution is 2.16. The van der Waals surface area contributed by atoms with Gasteiger partial charge in [-0.15, -0.1) is 0 Å². The first-order chi connectivity index (χ1) is 10.1. The third kappa shape index (κ3) is 4.46. The van der Waals surface area contributed by atoms with Crippen molar-refractivity contribution >= 4 is 27.8 Å². The maximum atomic E-state index is 11.7. The van der Waals surface area contributed by atoms with Crippen molar-refractivity contribution in [3.8, 4) is 0 Å². The van der Waals surface area contributed by atoms with E-state index in [-0.39, 0.29) is 24.3 Å². The fraction of sp³-hybridized carbons (Fsp3) is 0.200. The van der Waals surface area contributed by atoms with Gasteiger partial charge in [0, 0.05) is 4.47 Å². The van der Waals surface area contributed by atoms with Crippen LogP contribution in [0.2, 0.25) is 0 Å². The molecule has 0 bridgehead atoms. The highest BCUT2D eigenvalue weighted by molar-refractivity contribution is 9.10. The molecule has 0 spiro atoms. The minimum atomic E-state index is -0.661. The Hall–Kier alpha value is -2.08. The molecule has 0 radical (unpaired) electrons. The molecule has 1 aromatic heterocycles. The van der Waals surface area contributed by atoms with Crippen LogP contribution in [-0.4, -0.2) is 18.5 Å². The molecule has 0 aliphatic heterocycles. The highest BCUT2D eigenvalue weighted by atomic mass is 79.9. The summed E-state index contributed by atoms with van der Waals surface area (Å²) < 4.78 is 10.7. The summed E-state index contributed by atoms with van der Waals surface area (Å²) in [6.07, 6.45) is 1.37. The third-order valence-electron chi connectivity index (χ3n) is 2.80. The first kappa shape index (κ1) is 15.3. The Labute approximate surface area is 130 Å². The van der Waals surface area contributed by atoms with Crippen LogP contribution in [0.3, 0.4) is 0 Å². The summed E-state index contributed by atoms with van der Waals surface area (Å²) in [6, 6.07) is 10.5. The number of benzene rings is 1. The van der Waals surface area contributed by atoms with Crippen molar-refractivity contribution in [1.82, 2.24) is 5.32 Å². The van der Waals surface area contributed by atoms with E-state index in [0.29, 0.717) is 0 Å². The molecule has 1 N–H and O–H groups in total. The summed E-state index contributed by atoms with van der Waals surface area (Å²) in [4.78, 5) is 23.2. The van der Waals surface area contributed by atoms with Gasteiger partial charge in [0.25, 0.3) is 5.91 Å². The Kier molecular flexibility index (Phi) is 5.16. The van der Waals surface area contributed by atoms with E-state index in [1.165, 1.54) is 12.3 Å². The van der Waals surface area contributed by atoms with Crippen molar-refractivity contribution in [2.75, 3.05) is 6.61 Å². The fourth-order valence-electron chi connectivity index (χ4n) is 1.71. The molecule has 1 heterocycles. The second-order valence-electron chi connectivity index (χ2n) is 4.39. The van der Waals surface area contributed by atoms with Crippen LogP contribution in [0, 0.1) is 0 Å². The summed E-state index contributed by atoms with van der Waals surface area (Å²) in [6.45, 7) is 1.51. The van der Waals surface area contributed by atoms with Crippen molar-refractivity contribution < 1.29 is 18.7 Å². The molecule has 0 unspecified atom stereocenters. The number of esters is 1. The number of amides is 1. The Bertz CT molecular complexity index is 607. The SMILES string of the molecule is C[C@H](NC(=O)COC(=O)c1ccco1)c1ccc(Br)cc1. The van der Waals surface area contributed by atoms with Gasteiger partial charge >= 0.3 is 5.97 Å². The van der Waals surface area contributed by atoms with E-state index in [1.54, 1.807) is 6.07 Å². The van der Waals surface area contributed by atoms with E-state index in [9.17, 15) is 9.59 Å². The van der Waals surface area contributed by atoms with Crippen molar-refractivity contribution in [2.24, 2.45) is 0 Å². The van der Waals surface area contributed by atoms with Crippen molar-refractivity contribution in [2.45, 2.75) is 13.0 Å². The predicted molar refractivity (Wildman–Crippen MR) is 79.7 cm³/mol. The number of ether oxygens (including phenoxy) is 1. The van der Waals surface area contributed by atoms with Crippen LogP contribution in [0.5, 0.6) is 0 Å². The number of halogens is 1. The molecule has 0 aliphatic carbocycles. The third-order valence-corrected chi connectivity index (χ3v) is 3.33. The lowest BCUT2D eigenvalue weighted by Gasteiger charge is -2.14. The summed E-state index contributed by atoms with van der Waals surface area (Å²) in [5.74, 6) is -0.958. The lowest BCUT2D eigenvalue weighted by molar-refractivity contribution is -0.124. The maximum Gasteiger partial charge on any atom is 0.374 e. The number of rotatable bonds is 5. The van der Waals surface area contributed by atoms with Gasteiger partial charge in [-0.25, -0.2) is 4.79 Å². The first-order valence-electron chi connectivity index (χ1n) is 6.31. The molecule has 1 amide bonds. The van der Waals surface area contributed by atoms with Crippen LogP contribution >= 0.6 is 15.9 Å². The van der Waals surface area contributed by atoms with Crippen molar-refractivity contribution in [1.29, 1.82) is 0 Å². The molecule has 1 aromatic carbocycles. The van der Waals surface area contributed by atoms with Crippen LogP contribution in [0.25, 0.3) is 0 Å². The number of furan rings is 1. The van der Waals surface area contributed by atoms with Gasteiger partial charge in [-0.3, -0.25) is 4.79 Å². The maximum absolute atomic E-state index is 11.7. The molecule has 6 heteroatoms. The normalized spacial score (nSPS) is 11.7. The Morgan fingerprint density at radius 1 is 1.29 bits per heavy atom. The largest absolute Gasteiger partial charge is 0.457 e. The molecule has 0 saturated carbocycles. The molecule has 1 atom stereocenters. The zero-order valence-corrected chi connectivity index (χ0v) is 12.9. The van der Waals surface area contributed by atoms with Crippen LogP contribution < -0.4 is 5.32 Å². The number of carbonyl (C=O) groups excluding carboxylic acids is 2. The number of hydrogen-bond acceptors (Lipinski definition) is 4. The van der Waals surface area contributed by atoms with E-state index in [1.807, 2.05) is 31.2 Å². The minimum Gasteiger partial charge on any atom is -0.457 e. The summed E-state index contributed by atoms with van der Waals surface area (Å²) in [5, 5.41) is 2.75. The molecule has 2 aromatic rings. The molecular weight excluding hydrogens is 338 g/mol. The van der Waals surface area contributed by atoms with Gasteiger partial charge in [0.1, 0.15) is 0 Å². The van der Waals surface area contributed by atoms with E-state index in [0.717, 1.165) is 10.0 Å². The number of hydrogen-bond donors (Lipinski definition) is 1. The highest BCUT2D eigenvalue weighted by Gasteiger charge is 2.14. The molecule has 0 aliphatic rings.